The van der Waals surface area contributed by atoms with Gasteiger partial charge in [-0.1, -0.05) is 129 Å². The maximum Gasteiger partial charge on any atom is 0.00767 e. The summed E-state index contributed by atoms with van der Waals surface area (Å²) in [6.45, 7) is 13.7. The van der Waals surface area contributed by atoms with Crippen LogP contribution in [0.4, 0.5) is 0 Å². The molecule has 0 bridgehead atoms. The Labute approximate surface area is 228 Å². The molecule has 4 N–H and O–H groups in total. The van der Waals surface area contributed by atoms with Crippen molar-refractivity contribution >= 4 is 0 Å². The molecule has 0 aliphatic carbocycles. The lowest BCUT2D eigenvalue weighted by Gasteiger charge is -2.08. The van der Waals surface area contributed by atoms with Crippen LogP contribution in [0.25, 0.3) is 0 Å². The van der Waals surface area contributed by atoms with Crippen LogP contribution in [0.3, 0.4) is 0 Å². The van der Waals surface area contributed by atoms with Gasteiger partial charge in [0.15, 0.2) is 0 Å². The first-order chi connectivity index (χ1) is 17.9. The van der Waals surface area contributed by atoms with Crippen LogP contribution in [0.1, 0.15) is 155 Å². The topological polar surface area (TPSA) is 48.1 Å². The SMILES string of the molecule is CCCCCCCCCCCCNCCCNCCNCCCNCCCCCCCCCCCC. The van der Waals surface area contributed by atoms with Crippen molar-refractivity contribution in [1.29, 1.82) is 0 Å². The first-order valence-corrected chi connectivity index (χ1v) is 16.7. The van der Waals surface area contributed by atoms with Gasteiger partial charge < -0.3 is 21.3 Å². The second-order valence-electron chi connectivity index (χ2n) is 11.1. The number of rotatable bonds is 33. The third-order valence-corrected chi connectivity index (χ3v) is 7.31. The maximum absolute atomic E-state index is 3.61. The molecule has 36 heavy (non-hydrogen) atoms. The van der Waals surface area contributed by atoms with Crippen LogP contribution >= 0.6 is 0 Å². The molecule has 0 aliphatic rings. The van der Waals surface area contributed by atoms with E-state index in [-0.39, 0.29) is 0 Å². The van der Waals surface area contributed by atoms with E-state index in [4.69, 9.17) is 0 Å². The van der Waals surface area contributed by atoms with Crippen LogP contribution in [0.5, 0.6) is 0 Å². The fraction of sp³-hybridized carbons (Fsp3) is 1.00. The predicted octanol–water partition coefficient (Wildman–Crippen LogP) is 7.97. The zero-order valence-corrected chi connectivity index (χ0v) is 25.2. The third kappa shape index (κ3) is 33.8. The van der Waals surface area contributed by atoms with Crippen molar-refractivity contribution in [1.82, 2.24) is 21.3 Å². The van der Waals surface area contributed by atoms with E-state index in [1.165, 1.54) is 154 Å². The summed E-state index contributed by atoms with van der Waals surface area (Å²) in [6, 6.07) is 0. The molecule has 0 radical (unpaired) electrons. The summed E-state index contributed by atoms with van der Waals surface area (Å²) in [5.74, 6) is 0. The van der Waals surface area contributed by atoms with Crippen molar-refractivity contribution in [3.8, 4) is 0 Å². The lowest BCUT2D eigenvalue weighted by Crippen LogP contribution is -2.31. The number of unbranched alkanes of at least 4 members (excludes halogenated alkanes) is 18. The van der Waals surface area contributed by atoms with E-state index in [1.807, 2.05) is 0 Å². The van der Waals surface area contributed by atoms with Crippen molar-refractivity contribution in [3.63, 3.8) is 0 Å². The summed E-state index contributed by atoms with van der Waals surface area (Å²) in [5.41, 5.74) is 0. The van der Waals surface area contributed by atoms with Gasteiger partial charge in [-0.3, -0.25) is 0 Å². The maximum atomic E-state index is 3.61. The number of nitrogens with one attached hydrogen (secondary N) is 4. The Morgan fingerprint density at radius 3 is 0.750 bits per heavy atom. The minimum absolute atomic E-state index is 1.09. The Kier molecular flexibility index (Phi) is 34.7. The van der Waals surface area contributed by atoms with Gasteiger partial charge >= 0.3 is 0 Å². The molecule has 0 saturated heterocycles. The van der Waals surface area contributed by atoms with Gasteiger partial charge in [0.1, 0.15) is 0 Å². The highest BCUT2D eigenvalue weighted by molar-refractivity contribution is 4.57. The third-order valence-electron chi connectivity index (χ3n) is 7.31. The molecule has 0 aromatic carbocycles. The standard InChI is InChI=1S/C32H70N4/c1-3-5-7-9-11-13-15-17-19-21-25-33-27-23-29-35-31-32-36-30-24-28-34-26-22-20-18-16-14-12-10-8-6-4-2/h33-36H,3-32H2,1-2H3. The Balaban J connectivity index is 3.00. The second-order valence-corrected chi connectivity index (χ2v) is 11.1. The lowest BCUT2D eigenvalue weighted by atomic mass is 10.1. The molecule has 0 aromatic heterocycles. The van der Waals surface area contributed by atoms with Gasteiger partial charge in [-0.2, -0.15) is 0 Å². The quantitative estimate of drug-likeness (QED) is 0.0676. The van der Waals surface area contributed by atoms with Crippen LogP contribution < -0.4 is 21.3 Å². The first kappa shape index (κ1) is 35.8. The van der Waals surface area contributed by atoms with E-state index in [2.05, 4.69) is 35.1 Å². The van der Waals surface area contributed by atoms with Gasteiger partial charge in [0.05, 0.1) is 0 Å². The molecule has 0 saturated carbocycles. The minimum Gasteiger partial charge on any atom is -0.317 e. The Morgan fingerprint density at radius 1 is 0.222 bits per heavy atom. The molecule has 0 spiro atoms. The molecule has 0 aliphatic heterocycles. The Morgan fingerprint density at radius 2 is 0.444 bits per heavy atom. The zero-order chi connectivity index (χ0) is 26.0. The minimum atomic E-state index is 1.09. The fourth-order valence-corrected chi connectivity index (χ4v) is 4.83. The highest BCUT2D eigenvalue weighted by Crippen LogP contribution is 2.11. The van der Waals surface area contributed by atoms with Crippen LogP contribution in [-0.2, 0) is 0 Å². The summed E-state index contributed by atoms with van der Waals surface area (Å²) in [6.07, 6.45) is 30.9. The molecular weight excluding hydrogens is 440 g/mol. The Bertz CT molecular complexity index is 330. The van der Waals surface area contributed by atoms with E-state index in [1.54, 1.807) is 0 Å². The van der Waals surface area contributed by atoms with E-state index < -0.39 is 0 Å². The fourth-order valence-electron chi connectivity index (χ4n) is 4.83. The zero-order valence-electron chi connectivity index (χ0n) is 25.2. The largest absolute Gasteiger partial charge is 0.317 e. The van der Waals surface area contributed by atoms with Gasteiger partial charge in [-0.05, 0) is 65.0 Å². The average molecular weight is 511 g/mol. The molecule has 4 heteroatoms. The summed E-state index contributed by atoms with van der Waals surface area (Å²) in [7, 11) is 0. The molecular formula is C32H70N4. The highest BCUT2D eigenvalue weighted by Gasteiger charge is 1.95. The van der Waals surface area contributed by atoms with E-state index in [0.717, 1.165) is 39.3 Å². The molecule has 218 valence electrons. The molecule has 0 fully saturated rings. The lowest BCUT2D eigenvalue weighted by molar-refractivity contribution is 0.527. The molecule has 0 atom stereocenters. The molecule has 4 nitrogen and oxygen atoms in total. The van der Waals surface area contributed by atoms with Crippen LogP contribution in [-0.4, -0.2) is 52.4 Å². The van der Waals surface area contributed by atoms with E-state index in [9.17, 15) is 0 Å². The monoisotopic (exact) mass is 511 g/mol. The van der Waals surface area contributed by atoms with E-state index in [0.29, 0.717) is 0 Å². The predicted molar refractivity (Wildman–Crippen MR) is 164 cm³/mol. The summed E-state index contributed by atoms with van der Waals surface area (Å²) < 4.78 is 0. The number of hydrogen-bond donors (Lipinski definition) is 4. The highest BCUT2D eigenvalue weighted by atomic mass is 14.9. The van der Waals surface area contributed by atoms with Gasteiger partial charge in [0.25, 0.3) is 0 Å². The van der Waals surface area contributed by atoms with Crippen molar-refractivity contribution in [3.05, 3.63) is 0 Å². The average Bonchev–Trinajstić information content (AvgIpc) is 2.89. The van der Waals surface area contributed by atoms with Crippen molar-refractivity contribution in [2.75, 3.05) is 52.4 Å². The van der Waals surface area contributed by atoms with E-state index >= 15 is 0 Å². The van der Waals surface area contributed by atoms with Crippen molar-refractivity contribution in [2.45, 2.75) is 155 Å². The van der Waals surface area contributed by atoms with Crippen molar-refractivity contribution < 1.29 is 0 Å². The first-order valence-electron chi connectivity index (χ1n) is 16.7. The summed E-state index contributed by atoms with van der Waals surface area (Å²) in [4.78, 5) is 0. The molecule has 0 rings (SSSR count). The van der Waals surface area contributed by atoms with Crippen LogP contribution in [0.15, 0.2) is 0 Å². The molecule has 0 heterocycles. The van der Waals surface area contributed by atoms with Crippen LogP contribution in [0, 0.1) is 0 Å². The second kappa shape index (κ2) is 34.8. The normalized spacial score (nSPS) is 11.5. The molecule has 0 aromatic rings. The van der Waals surface area contributed by atoms with Gasteiger partial charge in [0.2, 0.25) is 0 Å². The molecule has 0 amide bonds. The van der Waals surface area contributed by atoms with Gasteiger partial charge in [-0.25, -0.2) is 0 Å². The van der Waals surface area contributed by atoms with Crippen molar-refractivity contribution in [2.24, 2.45) is 0 Å². The summed E-state index contributed by atoms with van der Waals surface area (Å²) >= 11 is 0. The smallest absolute Gasteiger partial charge is 0.00767 e. The molecule has 0 unspecified atom stereocenters. The summed E-state index contributed by atoms with van der Waals surface area (Å²) in [5, 5.41) is 14.3. The number of hydrogen-bond acceptors (Lipinski definition) is 4. The Hall–Kier alpha value is -0.160. The van der Waals surface area contributed by atoms with Gasteiger partial charge in [0, 0.05) is 13.1 Å². The van der Waals surface area contributed by atoms with Gasteiger partial charge in [-0.15, -0.1) is 0 Å². The van der Waals surface area contributed by atoms with Crippen LogP contribution in [0.2, 0.25) is 0 Å².